The Morgan fingerprint density at radius 3 is 1.18 bits per heavy atom. The maximum Gasteiger partial charge on any atom is 0.494 e. The van der Waals surface area contributed by atoms with E-state index in [2.05, 4.69) is 119 Å². The van der Waals surface area contributed by atoms with E-state index in [0.717, 1.165) is 23.8 Å². The average Bonchev–Trinajstić information content (AvgIpc) is 3.54. The highest BCUT2D eigenvalue weighted by Gasteiger charge is 2.54. The summed E-state index contributed by atoms with van der Waals surface area (Å²) in [5.41, 5.74) is 3.58. The fourth-order valence-electron chi connectivity index (χ4n) is 8.90. The molecule has 1 aliphatic carbocycles. The van der Waals surface area contributed by atoms with Crippen LogP contribution in [-0.2, 0) is 24.0 Å². The number of unbranched alkanes of at least 4 members (excludes halogenated alkanes) is 2. The average molecular weight is 667 g/mol. The number of benzene rings is 3. The van der Waals surface area contributed by atoms with E-state index < -0.39 is 36.6 Å². The van der Waals surface area contributed by atoms with Crippen LogP contribution in [0.5, 0.6) is 0 Å². The zero-order valence-corrected chi connectivity index (χ0v) is 33.0. The summed E-state index contributed by atoms with van der Waals surface area (Å²) in [6.45, 7) is 26.8. The monoisotopic (exact) mass is 666 g/mol. The van der Waals surface area contributed by atoms with Crippen LogP contribution in [0.3, 0.4) is 0 Å². The van der Waals surface area contributed by atoms with Gasteiger partial charge in [-0.25, -0.2) is 0 Å². The van der Waals surface area contributed by atoms with Crippen molar-refractivity contribution in [1.82, 2.24) is 0 Å². The van der Waals surface area contributed by atoms with Gasteiger partial charge in [-0.15, -0.1) is 0 Å². The van der Waals surface area contributed by atoms with Gasteiger partial charge in [-0.05, 0) is 124 Å². The molecular weight excluding hydrogens is 602 g/mol. The molecule has 0 aromatic heterocycles. The summed E-state index contributed by atoms with van der Waals surface area (Å²) < 4.78 is 26.9. The van der Waals surface area contributed by atoms with Crippen molar-refractivity contribution in [2.45, 2.75) is 175 Å². The van der Waals surface area contributed by atoms with Gasteiger partial charge >= 0.3 is 14.2 Å². The fraction of sp³-hybridized carbons (Fsp3) is 0.674. The van der Waals surface area contributed by atoms with Crippen LogP contribution in [0.4, 0.5) is 0 Å². The summed E-state index contributed by atoms with van der Waals surface area (Å²) >= 11 is 0. The second-order valence-electron chi connectivity index (χ2n) is 17.9. The molecule has 2 heterocycles. The Bertz CT molecular complexity index is 1520. The van der Waals surface area contributed by atoms with Gasteiger partial charge < -0.3 is 18.6 Å². The van der Waals surface area contributed by atoms with Gasteiger partial charge in [0.05, 0.1) is 22.4 Å². The maximum absolute atomic E-state index is 6.73. The lowest BCUT2D eigenvalue weighted by Gasteiger charge is -2.39. The Kier molecular flexibility index (Phi) is 10.0. The molecule has 2 saturated heterocycles. The van der Waals surface area contributed by atoms with Crippen LogP contribution in [0.25, 0.3) is 21.5 Å². The van der Waals surface area contributed by atoms with E-state index in [1.807, 2.05) is 0 Å². The Labute approximate surface area is 299 Å². The van der Waals surface area contributed by atoms with Gasteiger partial charge in [-0.2, -0.15) is 0 Å². The second-order valence-corrected chi connectivity index (χ2v) is 17.9. The molecule has 4 nitrogen and oxygen atoms in total. The SMILES string of the molecule is CCCCC(CC)CC1(CC(CC)CCCC)c2cc(B3OC(C)(C)C(C)(C)O3)cc3ccc4cc(B5OC(C)(C)C(C)(C)O5)cc1c4c23. The van der Waals surface area contributed by atoms with Gasteiger partial charge in [-0.3, -0.25) is 0 Å². The first kappa shape index (κ1) is 36.9. The molecule has 2 unspecified atom stereocenters. The van der Waals surface area contributed by atoms with Crippen LogP contribution in [-0.4, -0.2) is 36.6 Å². The first-order valence-electron chi connectivity index (χ1n) is 19.8. The van der Waals surface area contributed by atoms with Crippen LogP contribution in [0, 0.1) is 11.8 Å². The normalized spacial score (nSPS) is 22.5. The molecule has 6 heteroatoms. The van der Waals surface area contributed by atoms with Crippen molar-refractivity contribution in [3.8, 4) is 0 Å². The Hall–Kier alpha value is -1.85. The van der Waals surface area contributed by atoms with Crippen molar-refractivity contribution in [1.29, 1.82) is 0 Å². The zero-order valence-electron chi connectivity index (χ0n) is 33.0. The molecule has 3 aromatic rings. The minimum atomic E-state index is -0.396. The highest BCUT2D eigenvalue weighted by atomic mass is 16.7. The minimum Gasteiger partial charge on any atom is -0.399 e. The first-order chi connectivity index (χ1) is 23.0. The molecule has 0 spiro atoms. The highest BCUT2D eigenvalue weighted by molar-refractivity contribution is 6.63. The summed E-state index contributed by atoms with van der Waals surface area (Å²) in [6.07, 6.45) is 12.3. The van der Waals surface area contributed by atoms with Gasteiger partial charge in [0.2, 0.25) is 0 Å². The third-order valence-electron chi connectivity index (χ3n) is 13.5. The number of hydrogen-bond acceptors (Lipinski definition) is 4. The zero-order chi connectivity index (χ0) is 35.6. The summed E-state index contributed by atoms with van der Waals surface area (Å²) in [5.74, 6) is 1.29. The van der Waals surface area contributed by atoms with E-state index in [1.165, 1.54) is 84.0 Å². The standard InChI is InChI=1S/C43H64B2O4/c1-13-17-19-29(15-3)27-43(28-30(16-4)20-18-14-2)35-25-33(44-46-39(5,6)40(7,8)47-44)23-31-21-22-32-24-34(26-36(43)38(32)37(31)35)45-48-41(9,10)42(11,12)49-45/h21-26,29-30H,13-20,27-28H2,1-12H3. The van der Waals surface area contributed by atoms with Crippen molar-refractivity contribution in [2.24, 2.45) is 11.8 Å². The first-order valence-corrected chi connectivity index (χ1v) is 19.8. The third-order valence-corrected chi connectivity index (χ3v) is 13.5. The highest BCUT2D eigenvalue weighted by Crippen LogP contribution is 2.56. The van der Waals surface area contributed by atoms with Crippen molar-refractivity contribution in [3.63, 3.8) is 0 Å². The summed E-state index contributed by atoms with van der Waals surface area (Å²) in [7, 11) is -0.792. The van der Waals surface area contributed by atoms with E-state index in [1.54, 1.807) is 0 Å². The minimum absolute atomic E-state index is 0.123. The van der Waals surface area contributed by atoms with E-state index in [-0.39, 0.29) is 5.41 Å². The summed E-state index contributed by atoms with van der Waals surface area (Å²) in [4.78, 5) is 0. The molecule has 0 saturated carbocycles. The Morgan fingerprint density at radius 1 is 0.531 bits per heavy atom. The molecule has 2 atom stereocenters. The lowest BCUT2D eigenvalue weighted by atomic mass is 9.63. The quantitative estimate of drug-likeness (QED) is 0.127. The molecular formula is C43H64B2O4. The molecule has 0 amide bonds. The Balaban J connectivity index is 1.60. The molecule has 2 aliphatic heterocycles. The van der Waals surface area contributed by atoms with Crippen LogP contribution >= 0.6 is 0 Å². The van der Waals surface area contributed by atoms with Gasteiger partial charge in [0.25, 0.3) is 0 Å². The second kappa shape index (κ2) is 13.3. The number of rotatable bonds is 14. The van der Waals surface area contributed by atoms with E-state index in [0.29, 0.717) is 11.8 Å². The molecule has 3 aliphatic rings. The van der Waals surface area contributed by atoms with Crippen molar-refractivity contribution >= 4 is 46.7 Å². The molecule has 0 N–H and O–H groups in total. The van der Waals surface area contributed by atoms with Gasteiger partial charge in [-0.1, -0.05) is 115 Å². The third kappa shape index (κ3) is 6.34. The van der Waals surface area contributed by atoms with E-state index in [4.69, 9.17) is 18.6 Å². The van der Waals surface area contributed by atoms with Crippen molar-refractivity contribution in [3.05, 3.63) is 47.5 Å². The van der Waals surface area contributed by atoms with Crippen LogP contribution < -0.4 is 10.9 Å². The van der Waals surface area contributed by atoms with Crippen LogP contribution in [0.1, 0.15) is 158 Å². The molecule has 0 bridgehead atoms. The van der Waals surface area contributed by atoms with E-state index in [9.17, 15) is 0 Å². The fourth-order valence-corrected chi connectivity index (χ4v) is 8.90. The van der Waals surface area contributed by atoms with Crippen molar-refractivity contribution < 1.29 is 18.6 Å². The maximum atomic E-state index is 6.73. The smallest absolute Gasteiger partial charge is 0.399 e. The van der Waals surface area contributed by atoms with Crippen LogP contribution in [0.2, 0.25) is 0 Å². The molecule has 49 heavy (non-hydrogen) atoms. The Morgan fingerprint density at radius 2 is 0.878 bits per heavy atom. The van der Waals surface area contributed by atoms with Gasteiger partial charge in [0.15, 0.2) is 0 Å². The van der Waals surface area contributed by atoms with Gasteiger partial charge in [0, 0.05) is 5.41 Å². The molecule has 6 rings (SSSR count). The summed E-state index contributed by atoms with van der Waals surface area (Å²) in [5, 5.41) is 5.46. The topological polar surface area (TPSA) is 36.9 Å². The molecule has 3 aromatic carbocycles. The lowest BCUT2D eigenvalue weighted by Crippen LogP contribution is -2.41. The molecule has 0 radical (unpaired) electrons. The number of hydrogen-bond donors (Lipinski definition) is 0. The summed E-state index contributed by atoms with van der Waals surface area (Å²) in [6, 6.07) is 14.4. The van der Waals surface area contributed by atoms with Crippen molar-refractivity contribution in [2.75, 3.05) is 0 Å². The molecule has 2 fully saturated rings. The lowest BCUT2D eigenvalue weighted by molar-refractivity contribution is 0.00578. The van der Waals surface area contributed by atoms with Crippen LogP contribution in [0.15, 0.2) is 36.4 Å². The van der Waals surface area contributed by atoms with E-state index >= 15 is 0 Å². The predicted molar refractivity (Wildman–Crippen MR) is 210 cm³/mol. The largest absolute Gasteiger partial charge is 0.494 e. The predicted octanol–water partition coefficient (Wildman–Crippen LogP) is 10.4. The van der Waals surface area contributed by atoms with Gasteiger partial charge in [0.1, 0.15) is 0 Å². The molecule has 266 valence electrons.